The summed E-state index contributed by atoms with van der Waals surface area (Å²) in [5.41, 5.74) is 0.830. The average molecular weight is 265 g/mol. The zero-order chi connectivity index (χ0) is 13.5. The minimum atomic E-state index is -0.598. The lowest BCUT2D eigenvalue weighted by Gasteiger charge is -2.23. The average Bonchev–Trinajstić information content (AvgIpc) is 2.48. The van der Waals surface area contributed by atoms with Gasteiger partial charge in [-0.3, -0.25) is 0 Å². The molecule has 2 atom stereocenters. The number of aliphatic hydroxyl groups is 1. The Kier molecular flexibility index (Phi) is 5.63. The maximum absolute atomic E-state index is 10.1. The van der Waals surface area contributed by atoms with Crippen molar-refractivity contribution in [1.29, 1.82) is 0 Å². The lowest BCUT2D eigenvalue weighted by atomic mass is 10.1. The predicted octanol–water partition coefficient (Wildman–Crippen LogP) is 1.89. The van der Waals surface area contributed by atoms with E-state index in [-0.39, 0.29) is 0 Å². The van der Waals surface area contributed by atoms with Crippen LogP contribution >= 0.6 is 0 Å². The maximum Gasteiger partial charge on any atom is 0.119 e. The number of nitrogens with one attached hydrogen (secondary N) is 1. The van der Waals surface area contributed by atoms with Crippen molar-refractivity contribution in [3.8, 4) is 5.75 Å². The first-order valence-corrected chi connectivity index (χ1v) is 6.92. The zero-order valence-corrected chi connectivity index (χ0v) is 11.5. The van der Waals surface area contributed by atoms with Gasteiger partial charge in [-0.2, -0.15) is 0 Å². The molecule has 0 aliphatic carbocycles. The smallest absolute Gasteiger partial charge is 0.119 e. The minimum Gasteiger partial charge on any atom is -0.497 e. The number of hydrogen-bond donors (Lipinski definition) is 2. The van der Waals surface area contributed by atoms with Crippen LogP contribution in [0.3, 0.4) is 0 Å². The van der Waals surface area contributed by atoms with Crippen LogP contribution in [-0.2, 0) is 4.74 Å². The molecule has 2 rings (SSSR count). The van der Waals surface area contributed by atoms with Crippen molar-refractivity contribution in [1.82, 2.24) is 5.32 Å². The Morgan fingerprint density at radius 3 is 3.05 bits per heavy atom. The summed E-state index contributed by atoms with van der Waals surface area (Å²) in [6, 6.07) is 7.90. The van der Waals surface area contributed by atoms with E-state index in [2.05, 4.69) is 5.32 Å². The Bertz CT molecular complexity index is 377. The first-order chi connectivity index (χ1) is 9.29. The highest BCUT2D eigenvalue weighted by atomic mass is 16.5. The summed E-state index contributed by atoms with van der Waals surface area (Å²) in [7, 11) is 1.62. The van der Waals surface area contributed by atoms with E-state index in [9.17, 15) is 5.11 Å². The number of hydrogen-bond acceptors (Lipinski definition) is 4. The Labute approximate surface area is 114 Å². The predicted molar refractivity (Wildman–Crippen MR) is 74.4 cm³/mol. The summed E-state index contributed by atoms with van der Waals surface area (Å²) >= 11 is 0. The molecule has 0 radical (unpaired) electrons. The van der Waals surface area contributed by atoms with Gasteiger partial charge >= 0.3 is 0 Å². The molecule has 0 saturated carbocycles. The van der Waals surface area contributed by atoms with Crippen LogP contribution in [0.1, 0.15) is 30.9 Å². The third-order valence-electron chi connectivity index (χ3n) is 3.49. The molecule has 0 aromatic heterocycles. The number of aliphatic hydroxyl groups excluding tert-OH is 1. The summed E-state index contributed by atoms with van der Waals surface area (Å²) in [6.45, 7) is 2.07. The molecule has 2 N–H and O–H groups in total. The lowest BCUT2D eigenvalue weighted by Crippen LogP contribution is -2.37. The second-order valence-electron chi connectivity index (χ2n) is 4.98. The summed E-state index contributed by atoms with van der Waals surface area (Å²) < 4.78 is 10.8. The van der Waals surface area contributed by atoms with E-state index >= 15 is 0 Å². The normalized spacial score (nSPS) is 21.1. The molecular formula is C15H23NO3. The Balaban J connectivity index is 1.75. The molecular weight excluding hydrogens is 242 g/mol. The Morgan fingerprint density at radius 1 is 1.42 bits per heavy atom. The van der Waals surface area contributed by atoms with Gasteiger partial charge in [0.1, 0.15) is 11.9 Å². The fraction of sp³-hybridized carbons (Fsp3) is 0.600. The quantitative estimate of drug-likeness (QED) is 0.824. The molecule has 106 valence electrons. The molecule has 0 spiro atoms. The molecule has 1 aliphatic heterocycles. The molecule has 19 heavy (non-hydrogen) atoms. The van der Waals surface area contributed by atoms with Crippen LogP contribution < -0.4 is 10.1 Å². The first kappa shape index (κ1) is 14.3. The van der Waals surface area contributed by atoms with Crippen LogP contribution in [0.4, 0.5) is 0 Å². The second kappa shape index (κ2) is 7.48. The highest BCUT2D eigenvalue weighted by Gasteiger charge is 2.14. The van der Waals surface area contributed by atoms with Gasteiger partial charge in [-0.05, 0) is 37.1 Å². The van der Waals surface area contributed by atoms with Gasteiger partial charge in [0.15, 0.2) is 0 Å². The first-order valence-electron chi connectivity index (χ1n) is 6.92. The third kappa shape index (κ3) is 4.49. The van der Waals surface area contributed by atoms with Crippen LogP contribution in [0.15, 0.2) is 24.3 Å². The van der Waals surface area contributed by atoms with E-state index < -0.39 is 6.10 Å². The third-order valence-corrected chi connectivity index (χ3v) is 3.49. The molecule has 1 aromatic carbocycles. The summed E-state index contributed by atoms with van der Waals surface area (Å²) in [6.07, 6.45) is 3.08. The van der Waals surface area contributed by atoms with Gasteiger partial charge in [-0.1, -0.05) is 18.6 Å². The number of ether oxygens (including phenoxy) is 2. The van der Waals surface area contributed by atoms with E-state index in [0.29, 0.717) is 19.3 Å². The Morgan fingerprint density at radius 2 is 2.32 bits per heavy atom. The lowest BCUT2D eigenvalue weighted by molar-refractivity contribution is 0.0235. The summed E-state index contributed by atoms with van der Waals surface area (Å²) in [5.74, 6) is 0.755. The van der Waals surface area contributed by atoms with Gasteiger partial charge in [0.25, 0.3) is 0 Å². The molecule has 1 fully saturated rings. The van der Waals surface area contributed by atoms with Gasteiger partial charge < -0.3 is 19.9 Å². The van der Waals surface area contributed by atoms with Crippen LogP contribution in [0.2, 0.25) is 0 Å². The van der Waals surface area contributed by atoms with Crippen LogP contribution in [0.25, 0.3) is 0 Å². The molecule has 1 aromatic rings. The van der Waals surface area contributed by atoms with Crippen LogP contribution in [0.5, 0.6) is 5.75 Å². The molecule has 1 heterocycles. The molecule has 2 unspecified atom stereocenters. The van der Waals surface area contributed by atoms with E-state index in [4.69, 9.17) is 9.47 Å². The SMILES string of the molecule is COc1cccc(C(O)COCC2CCCCN2)c1. The summed E-state index contributed by atoms with van der Waals surface area (Å²) in [4.78, 5) is 0. The zero-order valence-electron chi connectivity index (χ0n) is 11.5. The molecule has 0 amide bonds. The molecule has 1 saturated heterocycles. The van der Waals surface area contributed by atoms with E-state index in [1.165, 1.54) is 12.8 Å². The van der Waals surface area contributed by atoms with E-state index in [1.54, 1.807) is 7.11 Å². The minimum absolute atomic E-state index is 0.325. The standard InChI is InChI=1S/C15H23NO3/c1-18-14-7-4-5-12(9-14)15(17)11-19-10-13-6-2-3-8-16-13/h4-5,7,9,13,15-17H,2-3,6,8,10-11H2,1H3. The fourth-order valence-corrected chi connectivity index (χ4v) is 2.33. The van der Waals surface area contributed by atoms with Gasteiger partial charge in [-0.15, -0.1) is 0 Å². The van der Waals surface area contributed by atoms with Crippen LogP contribution in [0, 0.1) is 0 Å². The topological polar surface area (TPSA) is 50.7 Å². The molecule has 0 bridgehead atoms. The van der Waals surface area contributed by atoms with Crippen molar-refractivity contribution >= 4 is 0 Å². The van der Waals surface area contributed by atoms with Gasteiger partial charge in [0.2, 0.25) is 0 Å². The number of rotatable bonds is 6. The van der Waals surface area contributed by atoms with Gasteiger partial charge in [0.05, 0.1) is 20.3 Å². The molecule has 4 heteroatoms. The number of methoxy groups -OCH3 is 1. The van der Waals surface area contributed by atoms with Crippen molar-refractivity contribution in [2.45, 2.75) is 31.4 Å². The second-order valence-corrected chi connectivity index (χ2v) is 4.98. The van der Waals surface area contributed by atoms with Crippen molar-refractivity contribution in [2.24, 2.45) is 0 Å². The van der Waals surface area contributed by atoms with E-state index in [0.717, 1.165) is 24.3 Å². The largest absolute Gasteiger partial charge is 0.497 e. The van der Waals surface area contributed by atoms with E-state index in [1.807, 2.05) is 24.3 Å². The van der Waals surface area contributed by atoms with Crippen molar-refractivity contribution in [2.75, 3.05) is 26.9 Å². The monoisotopic (exact) mass is 265 g/mol. The Hall–Kier alpha value is -1.10. The maximum atomic E-state index is 10.1. The van der Waals surface area contributed by atoms with Gasteiger partial charge in [-0.25, -0.2) is 0 Å². The number of piperidine rings is 1. The molecule has 4 nitrogen and oxygen atoms in total. The summed E-state index contributed by atoms with van der Waals surface area (Å²) in [5, 5.41) is 13.5. The highest BCUT2D eigenvalue weighted by molar-refractivity contribution is 5.29. The van der Waals surface area contributed by atoms with Gasteiger partial charge in [0, 0.05) is 6.04 Å². The molecule has 1 aliphatic rings. The van der Waals surface area contributed by atoms with Crippen molar-refractivity contribution < 1.29 is 14.6 Å². The highest BCUT2D eigenvalue weighted by Crippen LogP contribution is 2.19. The van der Waals surface area contributed by atoms with Crippen molar-refractivity contribution in [3.63, 3.8) is 0 Å². The van der Waals surface area contributed by atoms with Crippen LogP contribution in [-0.4, -0.2) is 38.0 Å². The van der Waals surface area contributed by atoms with Crippen molar-refractivity contribution in [3.05, 3.63) is 29.8 Å². The fourth-order valence-electron chi connectivity index (χ4n) is 2.33. The number of benzene rings is 1.